The summed E-state index contributed by atoms with van der Waals surface area (Å²) >= 11 is 0. The molecule has 28 heavy (non-hydrogen) atoms. The van der Waals surface area contributed by atoms with Crippen LogP contribution in [-0.4, -0.2) is 22.6 Å². The van der Waals surface area contributed by atoms with Crippen molar-refractivity contribution in [1.29, 1.82) is 0 Å². The molecule has 2 aromatic rings. The van der Waals surface area contributed by atoms with E-state index in [4.69, 9.17) is 5.73 Å². The first kappa shape index (κ1) is 19.5. The molecule has 1 heterocycles. The fourth-order valence-electron chi connectivity index (χ4n) is 5.12. The average Bonchev–Trinajstić information content (AvgIpc) is 3.06. The number of nitrogens with zero attached hydrogens (tertiary/aromatic N) is 1. The van der Waals surface area contributed by atoms with Crippen molar-refractivity contribution < 1.29 is 4.79 Å². The maximum absolute atomic E-state index is 12.5. The van der Waals surface area contributed by atoms with Crippen LogP contribution in [-0.2, 0) is 17.8 Å². The van der Waals surface area contributed by atoms with E-state index in [1.54, 1.807) is 0 Å². The number of hydrogen-bond acceptors (Lipinski definition) is 2. The molecule has 2 saturated carbocycles. The first-order valence-corrected chi connectivity index (χ1v) is 11.3. The molecule has 1 aromatic carbocycles. The predicted octanol–water partition coefficient (Wildman–Crippen LogP) is 4.54. The molecule has 4 heteroatoms. The molecule has 2 aliphatic carbocycles. The third-order valence-corrected chi connectivity index (χ3v) is 6.81. The summed E-state index contributed by atoms with van der Waals surface area (Å²) in [5.41, 5.74) is 8.61. The number of aromatic nitrogens is 1. The van der Waals surface area contributed by atoms with Crippen molar-refractivity contribution >= 4 is 16.8 Å². The maximum Gasteiger partial charge on any atom is 0.220 e. The second kappa shape index (κ2) is 9.13. The molecule has 152 valence electrons. The minimum atomic E-state index is 0.190. The fraction of sp³-hybridized carbons (Fsp3) is 0.625. The highest BCUT2D eigenvalue weighted by Gasteiger charge is 2.21. The molecule has 3 N–H and O–H groups in total. The van der Waals surface area contributed by atoms with E-state index in [2.05, 4.69) is 40.2 Å². The summed E-state index contributed by atoms with van der Waals surface area (Å²) in [6, 6.07) is 11.6. The van der Waals surface area contributed by atoms with E-state index in [1.807, 2.05) is 0 Å². The van der Waals surface area contributed by atoms with E-state index in [0.29, 0.717) is 18.5 Å². The van der Waals surface area contributed by atoms with Crippen LogP contribution in [0.4, 0.5) is 0 Å². The molecule has 1 amide bonds. The monoisotopic (exact) mass is 381 g/mol. The molecular weight excluding hydrogens is 346 g/mol. The van der Waals surface area contributed by atoms with Crippen LogP contribution in [0.2, 0.25) is 0 Å². The Morgan fingerprint density at radius 1 is 1.04 bits per heavy atom. The number of benzene rings is 1. The summed E-state index contributed by atoms with van der Waals surface area (Å²) in [6.07, 6.45) is 12.3. The Balaban J connectivity index is 1.41. The minimum Gasteiger partial charge on any atom is -0.353 e. The molecule has 1 aromatic heterocycles. The van der Waals surface area contributed by atoms with Gasteiger partial charge in [-0.3, -0.25) is 4.79 Å². The van der Waals surface area contributed by atoms with Gasteiger partial charge in [0.15, 0.2) is 0 Å². The Morgan fingerprint density at radius 3 is 2.57 bits per heavy atom. The van der Waals surface area contributed by atoms with E-state index >= 15 is 0 Å². The van der Waals surface area contributed by atoms with E-state index < -0.39 is 0 Å². The highest BCUT2D eigenvalue weighted by Crippen LogP contribution is 2.29. The Labute approximate surface area is 168 Å². The summed E-state index contributed by atoms with van der Waals surface area (Å²) in [5, 5.41) is 4.54. The van der Waals surface area contributed by atoms with Gasteiger partial charge < -0.3 is 15.6 Å². The molecule has 4 nitrogen and oxygen atoms in total. The molecular formula is C24H35N3O. The van der Waals surface area contributed by atoms with Crippen molar-refractivity contribution in [2.24, 2.45) is 11.7 Å². The Bertz CT molecular complexity index is 782. The molecule has 0 unspecified atom stereocenters. The minimum absolute atomic E-state index is 0.190. The number of carbonyl (C=O) groups is 1. The van der Waals surface area contributed by atoms with Crippen molar-refractivity contribution in [3.63, 3.8) is 0 Å². The van der Waals surface area contributed by atoms with Crippen LogP contribution >= 0.6 is 0 Å². The third-order valence-electron chi connectivity index (χ3n) is 6.81. The molecule has 0 atom stereocenters. The molecule has 2 fully saturated rings. The highest BCUT2D eigenvalue weighted by molar-refractivity contribution is 5.82. The van der Waals surface area contributed by atoms with E-state index in [1.165, 1.54) is 48.7 Å². The summed E-state index contributed by atoms with van der Waals surface area (Å²) in [5.74, 6) is 0.971. The van der Waals surface area contributed by atoms with Gasteiger partial charge in [0.2, 0.25) is 5.91 Å². The van der Waals surface area contributed by atoms with E-state index in [0.717, 1.165) is 44.6 Å². The summed E-state index contributed by atoms with van der Waals surface area (Å²) in [4.78, 5) is 12.5. The molecule has 0 aliphatic heterocycles. The molecule has 0 bridgehead atoms. The van der Waals surface area contributed by atoms with Gasteiger partial charge in [-0.05, 0) is 68.4 Å². The van der Waals surface area contributed by atoms with Crippen molar-refractivity contribution in [3.05, 3.63) is 36.0 Å². The number of carbonyl (C=O) groups excluding carboxylic acids is 1. The lowest BCUT2D eigenvalue weighted by Gasteiger charge is -2.27. The number of rotatable bonds is 6. The van der Waals surface area contributed by atoms with Crippen LogP contribution in [0.1, 0.15) is 69.9 Å². The average molecular weight is 382 g/mol. The van der Waals surface area contributed by atoms with Crippen LogP contribution in [0.15, 0.2) is 30.3 Å². The predicted molar refractivity (Wildman–Crippen MR) is 115 cm³/mol. The zero-order valence-corrected chi connectivity index (χ0v) is 17.0. The normalized spacial score (nSPS) is 23.8. The van der Waals surface area contributed by atoms with Gasteiger partial charge in [-0.15, -0.1) is 0 Å². The number of nitrogens with two attached hydrogens (primary N) is 1. The molecule has 4 rings (SSSR count). The quantitative estimate of drug-likeness (QED) is 0.772. The molecule has 0 radical (unpaired) electrons. The Morgan fingerprint density at radius 2 is 1.79 bits per heavy atom. The molecule has 0 spiro atoms. The maximum atomic E-state index is 12.5. The highest BCUT2D eigenvalue weighted by atomic mass is 16.1. The molecule has 2 aliphatic rings. The van der Waals surface area contributed by atoms with Crippen LogP contribution in [0, 0.1) is 5.92 Å². The van der Waals surface area contributed by atoms with Crippen molar-refractivity contribution in [3.8, 4) is 0 Å². The number of para-hydroxylation sites is 1. The van der Waals surface area contributed by atoms with Gasteiger partial charge in [0, 0.05) is 36.3 Å². The fourth-order valence-corrected chi connectivity index (χ4v) is 5.12. The van der Waals surface area contributed by atoms with Gasteiger partial charge in [0.05, 0.1) is 0 Å². The number of aryl methyl sites for hydroxylation is 1. The zero-order chi connectivity index (χ0) is 19.3. The number of amides is 1. The number of hydrogen-bond donors (Lipinski definition) is 2. The van der Waals surface area contributed by atoms with Gasteiger partial charge >= 0.3 is 0 Å². The van der Waals surface area contributed by atoms with Crippen LogP contribution in [0.5, 0.6) is 0 Å². The van der Waals surface area contributed by atoms with E-state index in [-0.39, 0.29) is 5.91 Å². The Kier molecular flexibility index (Phi) is 6.36. The van der Waals surface area contributed by atoms with Crippen molar-refractivity contribution in [2.45, 2.75) is 89.3 Å². The van der Waals surface area contributed by atoms with E-state index in [9.17, 15) is 4.79 Å². The van der Waals surface area contributed by atoms with Gasteiger partial charge in [-0.25, -0.2) is 0 Å². The standard InChI is InChI=1S/C24H35N3O/c25-20-10-12-21(13-11-20)26-24(28)15-14-22-16-19-8-4-5-9-23(19)27(22)17-18-6-2-1-3-7-18/h4-5,8-9,16,18,20-21H,1-3,6-7,10-15,17,25H2,(H,26,28). The summed E-state index contributed by atoms with van der Waals surface area (Å²) in [7, 11) is 0. The second-order valence-corrected chi connectivity index (χ2v) is 8.99. The molecule has 0 saturated heterocycles. The number of nitrogens with one attached hydrogen (secondary N) is 1. The largest absolute Gasteiger partial charge is 0.353 e. The summed E-state index contributed by atoms with van der Waals surface area (Å²) in [6.45, 7) is 1.10. The number of fused-ring (bicyclic) bond motifs is 1. The summed E-state index contributed by atoms with van der Waals surface area (Å²) < 4.78 is 2.50. The van der Waals surface area contributed by atoms with Gasteiger partial charge in [0.25, 0.3) is 0 Å². The first-order chi connectivity index (χ1) is 13.7. The van der Waals surface area contributed by atoms with Crippen LogP contribution in [0.25, 0.3) is 10.9 Å². The van der Waals surface area contributed by atoms with Crippen molar-refractivity contribution in [1.82, 2.24) is 9.88 Å². The lowest BCUT2D eigenvalue weighted by Crippen LogP contribution is -2.40. The first-order valence-electron chi connectivity index (χ1n) is 11.3. The van der Waals surface area contributed by atoms with Crippen molar-refractivity contribution in [2.75, 3.05) is 0 Å². The zero-order valence-electron chi connectivity index (χ0n) is 17.0. The SMILES string of the molecule is NC1CCC(NC(=O)CCc2cc3ccccc3n2CC2CCCCC2)CC1. The van der Waals surface area contributed by atoms with Gasteiger partial charge in [-0.1, -0.05) is 37.5 Å². The lowest BCUT2D eigenvalue weighted by molar-refractivity contribution is -0.122. The van der Waals surface area contributed by atoms with Crippen LogP contribution in [0.3, 0.4) is 0 Å². The van der Waals surface area contributed by atoms with Crippen LogP contribution < -0.4 is 11.1 Å². The smallest absolute Gasteiger partial charge is 0.220 e. The second-order valence-electron chi connectivity index (χ2n) is 8.99. The third kappa shape index (κ3) is 4.78. The topological polar surface area (TPSA) is 60.0 Å². The van der Waals surface area contributed by atoms with Gasteiger partial charge in [0.1, 0.15) is 0 Å². The van der Waals surface area contributed by atoms with Gasteiger partial charge in [-0.2, -0.15) is 0 Å². The lowest BCUT2D eigenvalue weighted by atomic mass is 9.89. The Hall–Kier alpha value is -1.81.